The molecule has 1 aromatic heterocycles. The first-order chi connectivity index (χ1) is 23.2. The molecule has 4 heterocycles. The Hall–Kier alpha value is -4.87. The molecule has 3 atom stereocenters. The zero-order chi connectivity index (χ0) is 35.1. The van der Waals surface area contributed by atoms with Crippen LogP contribution in [0.3, 0.4) is 0 Å². The lowest BCUT2D eigenvalue weighted by Crippen LogP contribution is -2.46. The molecular weight excluding hydrogens is 624 g/mol. The van der Waals surface area contributed by atoms with Gasteiger partial charge in [-0.05, 0) is 90.0 Å². The van der Waals surface area contributed by atoms with E-state index >= 15 is 0 Å². The van der Waals surface area contributed by atoms with Gasteiger partial charge in [0.15, 0.2) is 0 Å². The fourth-order valence-electron chi connectivity index (χ4n) is 6.72. The van der Waals surface area contributed by atoms with Gasteiger partial charge in [0, 0.05) is 18.7 Å². The van der Waals surface area contributed by atoms with Gasteiger partial charge in [0.2, 0.25) is 0 Å². The molecule has 2 saturated heterocycles. The number of hydrogen-bond acceptors (Lipinski definition) is 8. The third-order valence-electron chi connectivity index (χ3n) is 8.94. The maximum atomic E-state index is 12.8. The summed E-state index contributed by atoms with van der Waals surface area (Å²) >= 11 is 0. The van der Waals surface area contributed by atoms with Crippen molar-refractivity contribution in [2.75, 3.05) is 19.6 Å². The number of amides is 2. The fraction of sp³-hybridized carbons (Fsp3) is 0.486. The van der Waals surface area contributed by atoms with E-state index in [1.165, 1.54) is 0 Å². The second-order valence-electron chi connectivity index (χ2n) is 15.0. The summed E-state index contributed by atoms with van der Waals surface area (Å²) in [4.78, 5) is 54.2. The van der Waals surface area contributed by atoms with Gasteiger partial charge in [-0.3, -0.25) is 14.8 Å². The van der Waals surface area contributed by atoms with Crippen LogP contribution in [-0.4, -0.2) is 85.7 Å². The number of amidine groups is 1. The van der Waals surface area contributed by atoms with Crippen molar-refractivity contribution in [1.82, 2.24) is 25.1 Å². The van der Waals surface area contributed by atoms with Crippen LogP contribution in [0, 0.1) is 0 Å². The number of aliphatic imine (C=N–C) groups is 1. The van der Waals surface area contributed by atoms with Crippen LogP contribution in [-0.2, 0) is 9.47 Å². The third-order valence-corrected chi connectivity index (χ3v) is 8.94. The molecule has 6 rings (SSSR count). The number of H-pyrrole nitrogens is 1. The number of carboxylic acids is 1. The Balaban J connectivity index is 1.14. The average molecular weight is 671 g/mol. The van der Waals surface area contributed by atoms with E-state index in [4.69, 9.17) is 14.5 Å². The Morgan fingerprint density at radius 2 is 1.43 bits per heavy atom. The molecule has 0 radical (unpaired) electrons. The molecule has 1 unspecified atom stereocenters. The second-order valence-corrected chi connectivity index (χ2v) is 15.0. The molecule has 2 amide bonds. The van der Waals surface area contributed by atoms with Crippen LogP contribution in [0.25, 0.3) is 22.4 Å². The fourth-order valence-corrected chi connectivity index (χ4v) is 6.72. The van der Waals surface area contributed by atoms with Crippen LogP contribution in [0.4, 0.5) is 9.59 Å². The Kier molecular flexibility index (Phi) is 9.17. The number of aromatic nitrogens is 2. The van der Waals surface area contributed by atoms with Crippen LogP contribution < -0.4 is 5.32 Å². The van der Waals surface area contributed by atoms with Crippen molar-refractivity contribution < 1.29 is 29.0 Å². The van der Waals surface area contributed by atoms with Crippen LogP contribution in [0.2, 0.25) is 0 Å². The minimum absolute atomic E-state index is 0.0489. The van der Waals surface area contributed by atoms with Crippen molar-refractivity contribution in [3.8, 4) is 22.4 Å². The Morgan fingerprint density at radius 1 is 0.837 bits per heavy atom. The van der Waals surface area contributed by atoms with E-state index in [-0.39, 0.29) is 35.9 Å². The van der Waals surface area contributed by atoms with Crippen LogP contribution >= 0.6 is 0 Å². The van der Waals surface area contributed by atoms with E-state index in [1.54, 1.807) is 22.1 Å². The molecule has 2 fully saturated rings. The van der Waals surface area contributed by atoms with Crippen molar-refractivity contribution in [3.63, 3.8) is 0 Å². The van der Waals surface area contributed by atoms with Crippen molar-refractivity contribution >= 4 is 24.0 Å². The van der Waals surface area contributed by atoms with Gasteiger partial charge in [-0.25, -0.2) is 19.4 Å². The van der Waals surface area contributed by atoms with Gasteiger partial charge >= 0.3 is 18.2 Å². The minimum Gasteiger partial charge on any atom is -0.478 e. The van der Waals surface area contributed by atoms with E-state index in [2.05, 4.69) is 15.3 Å². The number of likely N-dealkylation sites (tertiary alicyclic amines) is 2. The Morgan fingerprint density at radius 3 is 2.04 bits per heavy atom. The number of hydrogen-bond donors (Lipinski definition) is 3. The van der Waals surface area contributed by atoms with Crippen molar-refractivity contribution in [3.05, 3.63) is 65.6 Å². The lowest BCUT2D eigenvalue weighted by Gasteiger charge is -2.29. The molecule has 0 saturated carbocycles. The number of ether oxygens (including phenoxy) is 2. The first-order valence-corrected chi connectivity index (χ1v) is 17.0. The highest BCUT2D eigenvalue weighted by atomic mass is 16.6. The molecule has 12 nitrogen and oxygen atoms in total. The monoisotopic (exact) mass is 670 g/mol. The van der Waals surface area contributed by atoms with Gasteiger partial charge in [-0.1, -0.05) is 36.4 Å². The van der Waals surface area contributed by atoms with Crippen molar-refractivity contribution in [2.45, 2.75) is 96.6 Å². The number of benzene rings is 2. The van der Waals surface area contributed by atoms with E-state index in [9.17, 15) is 19.5 Å². The highest BCUT2D eigenvalue weighted by Gasteiger charge is 2.38. The largest absolute Gasteiger partial charge is 0.478 e. The summed E-state index contributed by atoms with van der Waals surface area (Å²) in [5, 5.41) is 13.7. The summed E-state index contributed by atoms with van der Waals surface area (Å²) in [5.41, 5.74) is 2.77. The van der Waals surface area contributed by atoms with Gasteiger partial charge in [0.25, 0.3) is 0 Å². The molecular formula is C37H46N6O6. The Bertz CT molecular complexity index is 1750. The molecule has 12 heteroatoms. The number of aromatic amines is 1. The second kappa shape index (κ2) is 13.2. The number of carbonyl (C=O) groups is 3. The van der Waals surface area contributed by atoms with Gasteiger partial charge < -0.3 is 24.9 Å². The number of nitrogens with zero attached hydrogens (tertiary/aromatic N) is 4. The van der Waals surface area contributed by atoms with E-state index in [1.807, 2.05) is 77.9 Å². The maximum absolute atomic E-state index is 12.8. The standard InChI is InChI=1S/C37H46N6O6/c1-36(2,3)48-34(46)42-17-7-9-29(42)31-38-20-27(40-31)23-13-11-22(12-14-23)25-16-15-24(19-26(25)33(44)45)28-21-39-32(41-28)30-10-8-18-43(30)35(47)49-37(4,5)6/h11-16,19,21,27,29-30H,7-10,17-18,20H2,1-6H3,(H,38,40)(H,39,41)(H,44,45)/t27?,29-,30-/m0/s1. The van der Waals surface area contributed by atoms with Crippen molar-refractivity contribution in [2.24, 2.45) is 4.99 Å². The topological polar surface area (TPSA) is 149 Å². The van der Waals surface area contributed by atoms with Crippen molar-refractivity contribution in [1.29, 1.82) is 0 Å². The molecule has 0 spiro atoms. The van der Waals surface area contributed by atoms with Crippen LogP contribution in [0.15, 0.2) is 53.7 Å². The SMILES string of the molecule is CC(C)(C)OC(=O)N1CCC[C@H]1C1=NCC(c2ccc(-c3ccc(-c4cnc([C@@H]5CCCN5C(=O)OC(C)(C)C)[nH]4)cc3C(=O)O)cc2)N1. The summed E-state index contributed by atoms with van der Waals surface area (Å²) in [6.07, 6.45) is 4.32. The highest BCUT2D eigenvalue weighted by Crippen LogP contribution is 2.35. The molecule has 2 aromatic carbocycles. The smallest absolute Gasteiger partial charge is 0.410 e. The minimum atomic E-state index is -1.03. The van der Waals surface area contributed by atoms with Gasteiger partial charge in [-0.15, -0.1) is 0 Å². The predicted octanol–water partition coefficient (Wildman–Crippen LogP) is 6.96. The average Bonchev–Trinajstić information content (AvgIpc) is 3.85. The lowest BCUT2D eigenvalue weighted by atomic mass is 9.95. The summed E-state index contributed by atoms with van der Waals surface area (Å²) in [6.45, 7) is 12.9. The van der Waals surface area contributed by atoms with Gasteiger partial charge in [0.1, 0.15) is 22.9 Å². The number of nitrogens with one attached hydrogen (secondary N) is 2. The summed E-state index contributed by atoms with van der Waals surface area (Å²) in [6, 6.07) is 12.8. The molecule has 0 aliphatic carbocycles. The van der Waals surface area contributed by atoms with Gasteiger partial charge in [-0.2, -0.15) is 0 Å². The van der Waals surface area contributed by atoms with Gasteiger partial charge in [0.05, 0.1) is 42.1 Å². The Labute approximate surface area is 286 Å². The first-order valence-electron chi connectivity index (χ1n) is 17.0. The molecule has 0 bridgehead atoms. The summed E-state index contributed by atoms with van der Waals surface area (Å²) < 4.78 is 11.2. The van der Waals surface area contributed by atoms with Crippen LogP contribution in [0.1, 0.15) is 101 Å². The maximum Gasteiger partial charge on any atom is 0.410 e. The van der Waals surface area contributed by atoms with E-state index < -0.39 is 17.2 Å². The molecule has 3 aromatic rings. The van der Waals surface area contributed by atoms with E-state index in [0.717, 1.165) is 42.6 Å². The summed E-state index contributed by atoms with van der Waals surface area (Å²) in [7, 11) is 0. The van der Waals surface area contributed by atoms with Crippen LogP contribution in [0.5, 0.6) is 0 Å². The highest BCUT2D eigenvalue weighted by molar-refractivity contribution is 5.97. The molecule has 3 aliphatic rings. The number of carboxylic acid groups (broad SMARTS) is 1. The number of rotatable bonds is 6. The van der Waals surface area contributed by atoms with E-state index in [0.29, 0.717) is 42.3 Å². The molecule has 260 valence electrons. The lowest BCUT2D eigenvalue weighted by molar-refractivity contribution is 0.0216. The zero-order valence-corrected chi connectivity index (χ0v) is 29.1. The first kappa shape index (κ1) is 34.0. The number of imidazole rings is 1. The number of carbonyl (C=O) groups excluding carboxylic acids is 2. The molecule has 3 aliphatic heterocycles. The normalized spacial score (nSPS) is 21.0. The quantitative estimate of drug-likeness (QED) is 0.255. The third kappa shape index (κ3) is 7.58. The number of aromatic carboxylic acids is 1. The predicted molar refractivity (Wildman–Crippen MR) is 185 cm³/mol. The zero-order valence-electron chi connectivity index (χ0n) is 29.1. The summed E-state index contributed by atoms with van der Waals surface area (Å²) in [5.74, 6) is 0.413. The molecule has 49 heavy (non-hydrogen) atoms. The molecule has 3 N–H and O–H groups in total.